The molecular formula is C18H18N2O3S. The van der Waals surface area contributed by atoms with E-state index in [0.29, 0.717) is 17.9 Å². The minimum absolute atomic E-state index is 0.0578. The number of nitrogens with zero attached hydrogens (tertiary/aromatic N) is 1. The summed E-state index contributed by atoms with van der Waals surface area (Å²) in [6.45, 7) is 2.31. The first-order chi connectivity index (χ1) is 11.6. The highest BCUT2D eigenvalue weighted by Gasteiger charge is 2.14. The Bertz CT molecular complexity index is 916. The number of aromatic amines is 1. The van der Waals surface area contributed by atoms with E-state index in [4.69, 9.17) is 4.74 Å². The van der Waals surface area contributed by atoms with Crippen LogP contribution in [0.1, 0.15) is 17.4 Å². The average molecular weight is 342 g/mol. The van der Waals surface area contributed by atoms with E-state index in [1.54, 1.807) is 29.4 Å². The fourth-order valence-corrected chi connectivity index (χ4v) is 3.26. The highest BCUT2D eigenvalue weighted by Crippen LogP contribution is 2.19. The Morgan fingerprint density at radius 3 is 2.75 bits per heavy atom. The maximum atomic E-state index is 12.4. The number of nitrogens with one attached hydrogen (secondary N) is 1. The van der Waals surface area contributed by atoms with Crippen molar-refractivity contribution in [1.29, 1.82) is 0 Å². The molecule has 0 saturated heterocycles. The Kier molecular flexibility index (Phi) is 4.66. The van der Waals surface area contributed by atoms with Gasteiger partial charge in [-0.25, -0.2) is 0 Å². The molecule has 0 aliphatic carbocycles. The van der Waals surface area contributed by atoms with Gasteiger partial charge in [0.2, 0.25) is 5.91 Å². The average Bonchev–Trinajstić information content (AvgIpc) is 3.07. The molecule has 0 aliphatic heterocycles. The van der Waals surface area contributed by atoms with Gasteiger partial charge < -0.3 is 14.6 Å². The first kappa shape index (κ1) is 16.3. The van der Waals surface area contributed by atoms with Crippen LogP contribution in [0.15, 0.2) is 46.6 Å². The van der Waals surface area contributed by atoms with E-state index in [0.717, 1.165) is 15.8 Å². The second kappa shape index (κ2) is 6.88. The molecule has 3 aromatic rings. The third-order valence-corrected chi connectivity index (χ3v) is 4.72. The second-order valence-electron chi connectivity index (χ2n) is 5.53. The Labute approximate surface area is 143 Å². The number of thiophene rings is 1. The van der Waals surface area contributed by atoms with Crippen LogP contribution in [-0.2, 0) is 17.9 Å². The Morgan fingerprint density at radius 1 is 1.25 bits per heavy atom. The number of benzene rings is 1. The zero-order valence-electron chi connectivity index (χ0n) is 13.5. The molecule has 2 heterocycles. The van der Waals surface area contributed by atoms with Crippen LogP contribution in [0.3, 0.4) is 0 Å². The number of carbonyl (C=O) groups is 1. The van der Waals surface area contributed by atoms with Gasteiger partial charge in [0.15, 0.2) is 0 Å². The molecule has 0 saturated carbocycles. The highest BCUT2D eigenvalue weighted by molar-refractivity contribution is 7.09. The lowest BCUT2D eigenvalue weighted by Gasteiger charge is -2.20. The summed E-state index contributed by atoms with van der Waals surface area (Å²) in [5.41, 5.74) is 1.10. The maximum Gasteiger partial charge on any atom is 0.253 e. The third kappa shape index (κ3) is 3.49. The summed E-state index contributed by atoms with van der Waals surface area (Å²) < 4.78 is 5.17. The number of amides is 1. The van der Waals surface area contributed by atoms with Crippen LogP contribution >= 0.6 is 11.3 Å². The molecule has 3 rings (SSSR count). The molecule has 0 unspecified atom stereocenters. The molecule has 124 valence electrons. The first-order valence-electron chi connectivity index (χ1n) is 7.54. The number of H-pyrrole nitrogens is 1. The van der Waals surface area contributed by atoms with Crippen molar-refractivity contribution in [3.63, 3.8) is 0 Å². The summed E-state index contributed by atoms with van der Waals surface area (Å²) in [4.78, 5) is 29.9. The fraction of sp³-hybridized carbons (Fsp3) is 0.222. The Balaban J connectivity index is 1.91. The van der Waals surface area contributed by atoms with Crippen LogP contribution in [-0.4, -0.2) is 22.9 Å². The number of methoxy groups -OCH3 is 1. The quantitative estimate of drug-likeness (QED) is 0.775. The van der Waals surface area contributed by atoms with Gasteiger partial charge in [0.05, 0.1) is 25.7 Å². The standard InChI is InChI=1S/C18H18N2O3S/c1-12(21)20(11-16-4-3-7-24-16)10-14-8-13-5-6-15(23-2)9-17(13)19-18(14)22/h3-9H,10-11H2,1-2H3,(H,19,22). The highest BCUT2D eigenvalue weighted by atomic mass is 32.1. The van der Waals surface area contributed by atoms with Crippen molar-refractivity contribution < 1.29 is 9.53 Å². The second-order valence-corrected chi connectivity index (χ2v) is 6.56. The molecule has 0 aliphatic rings. The van der Waals surface area contributed by atoms with Gasteiger partial charge in [-0.1, -0.05) is 6.07 Å². The molecule has 0 fully saturated rings. The largest absolute Gasteiger partial charge is 0.497 e. The van der Waals surface area contributed by atoms with Gasteiger partial charge in [-0.3, -0.25) is 9.59 Å². The number of carbonyl (C=O) groups excluding carboxylic acids is 1. The Morgan fingerprint density at radius 2 is 2.08 bits per heavy atom. The van der Waals surface area contributed by atoms with Gasteiger partial charge in [-0.05, 0) is 35.0 Å². The molecule has 1 amide bonds. The summed E-state index contributed by atoms with van der Waals surface area (Å²) >= 11 is 1.60. The topological polar surface area (TPSA) is 62.4 Å². The number of ether oxygens (including phenoxy) is 1. The molecule has 0 radical (unpaired) electrons. The van der Waals surface area contributed by atoms with Gasteiger partial charge in [0.1, 0.15) is 5.75 Å². The predicted octanol–water partition coefficient (Wildman–Crippen LogP) is 3.15. The summed E-state index contributed by atoms with van der Waals surface area (Å²) in [5.74, 6) is 0.631. The van der Waals surface area contributed by atoms with E-state index in [1.165, 1.54) is 6.92 Å². The normalized spacial score (nSPS) is 10.8. The number of rotatable bonds is 5. The molecule has 0 bridgehead atoms. The fourth-order valence-electron chi connectivity index (χ4n) is 2.54. The van der Waals surface area contributed by atoms with Gasteiger partial charge >= 0.3 is 0 Å². The van der Waals surface area contributed by atoms with Crippen LogP contribution in [0, 0.1) is 0 Å². The predicted molar refractivity (Wildman–Crippen MR) is 95.4 cm³/mol. The first-order valence-corrected chi connectivity index (χ1v) is 8.42. The molecule has 5 nitrogen and oxygen atoms in total. The van der Waals surface area contributed by atoms with Crippen molar-refractivity contribution in [3.8, 4) is 5.75 Å². The number of hydrogen-bond donors (Lipinski definition) is 1. The Hall–Kier alpha value is -2.60. The third-order valence-electron chi connectivity index (χ3n) is 3.86. The monoisotopic (exact) mass is 342 g/mol. The minimum Gasteiger partial charge on any atom is -0.497 e. The summed E-state index contributed by atoms with van der Waals surface area (Å²) in [7, 11) is 1.59. The van der Waals surface area contributed by atoms with Crippen LogP contribution in [0.4, 0.5) is 0 Å². The summed E-state index contributed by atoms with van der Waals surface area (Å²) in [5, 5.41) is 2.88. The molecule has 6 heteroatoms. The summed E-state index contributed by atoms with van der Waals surface area (Å²) in [6, 6.07) is 11.3. The summed E-state index contributed by atoms with van der Waals surface area (Å²) in [6.07, 6.45) is 0. The lowest BCUT2D eigenvalue weighted by atomic mass is 10.1. The van der Waals surface area contributed by atoms with Gasteiger partial charge in [-0.2, -0.15) is 0 Å². The number of hydrogen-bond acceptors (Lipinski definition) is 4. The van der Waals surface area contributed by atoms with Gasteiger partial charge in [-0.15, -0.1) is 11.3 Å². The van der Waals surface area contributed by atoms with Crippen LogP contribution in [0.25, 0.3) is 10.9 Å². The molecule has 1 aromatic carbocycles. The molecule has 0 atom stereocenters. The number of fused-ring (bicyclic) bond motifs is 1. The van der Waals surface area contributed by atoms with E-state index in [-0.39, 0.29) is 18.0 Å². The van der Waals surface area contributed by atoms with Gasteiger partial charge in [0, 0.05) is 23.4 Å². The van der Waals surface area contributed by atoms with Crippen molar-refractivity contribution in [2.45, 2.75) is 20.0 Å². The number of aromatic nitrogens is 1. The minimum atomic E-state index is -0.187. The SMILES string of the molecule is COc1ccc2cc(CN(Cc3cccs3)C(C)=O)c(=O)[nH]c2c1. The van der Waals surface area contributed by atoms with E-state index < -0.39 is 0 Å². The lowest BCUT2D eigenvalue weighted by molar-refractivity contribution is -0.130. The smallest absolute Gasteiger partial charge is 0.253 e. The lowest BCUT2D eigenvalue weighted by Crippen LogP contribution is -2.30. The van der Waals surface area contributed by atoms with Crippen LogP contribution in [0.5, 0.6) is 5.75 Å². The number of pyridine rings is 1. The molecule has 0 spiro atoms. The van der Waals surface area contributed by atoms with Crippen molar-refractivity contribution in [2.75, 3.05) is 7.11 Å². The van der Waals surface area contributed by atoms with Crippen molar-refractivity contribution in [1.82, 2.24) is 9.88 Å². The van der Waals surface area contributed by atoms with Crippen molar-refractivity contribution in [2.24, 2.45) is 0 Å². The van der Waals surface area contributed by atoms with E-state index in [1.807, 2.05) is 35.7 Å². The zero-order valence-corrected chi connectivity index (χ0v) is 14.4. The zero-order chi connectivity index (χ0) is 17.1. The van der Waals surface area contributed by atoms with E-state index in [9.17, 15) is 9.59 Å². The van der Waals surface area contributed by atoms with Gasteiger partial charge in [0.25, 0.3) is 5.56 Å². The molecular weight excluding hydrogens is 324 g/mol. The molecule has 24 heavy (non-hydrogen) atoms. The van der Waals surface area contributed by atoms with Crippen molar-refractivity contribution >= 4 is 28.1 Å². The van der Waals surface area contributed by atoms with Crippen LogP contribution < -0.4 is 10.3 Å². The maximum absolute atomic E-state index is 12.4. The van der Waals surface area contributed by atoms with Crippen molar-refractivity contribution in [3.05, 3.63) is 62.6 Å². The molecule has 1 N–H and O–H groups in total. The molecule has 2 aromatic heterocycles. The van der Waals surface area contributed by atoms with E-state index in [2.05, 4.69) is 4.98 Å². The van der Waals surface area contributed by atoms with Crippen LogP contribution in [0.2, 0.25) is 0 Å². The van der Waals surface area contributed by atoms with E-state index >= 15 is 0 Å².